The number of aromatic nitrogens is 5. The third-order valence-corrected chi connectivity index (χ3v) is 5.15. The highest BCUT2D eigenvalue weighted by Crippen LogP contribution is 2.21. The predicted molar refractivity (Wildman–Crippen MR) is 117 cm³/mol. The number of anilines is 2. The molecule has 4 rings (SSSR count). The lowest BCUT2D eigenvalue weighted by molar-refractivity contribution is 0.0992. The van der Waals surface area contributed by atoms with Crippen molar-refractivity contribution in [1.82, 2.24) is 24.3 Å². The molecule has 0 aliphatic carbocycles. The summed E-state index contributed by atoms with van der Waals surface area (Å²) in [6, 6.07) is 10.9. The average Bonchev–Trinajstić information content (AvgIpc) is 3.04. The van der Waals surface area contributed by atoms with Gasteiger partial charge in [0, 0.05) is 25.7 Å². The Hall–Kier alpha value is -4.21. The number of hydrogen-bond donors (Lipinski definition) is 2. The van der Waals surface area contributed by atoms with Gasteiger partial charge in [0.2, 0.25) is 0 Å². The van der Waals surface area contributed by atoms with E-state index in [0.29, 0.717) is 5.65 Å². The van der Waals surface area contributed by atoms with Crippen molar-refractivity contribution in [2.45, 2.75) is 13.5 Å². The second-order valence-corrected chi connectivity index (χ2v) is 7.23. The summed E-state index contributed by atoms with van der Waals surface area (Å²) >= 11 is 0. The van der Waals surface area contributed by atoms with Gasteiger partial charge in [-0.3, -0.25) is 23.8 Å². The molecule has 0 spiro atoms. The molecule has 1 amide bonds. The summed E-state index contributed by atoms with van der Waals surface area (Å²) in [5.41, 5.74) is 7.16. The van der Waals surface area contributed by atoms with Gasteiger partial charge in [0.25, 0.3) is 11.5 Å². The van der Waals surface area contributed by atoms with Crippen molar-refractivity contribution in [2.75, 3.05) is 17.7 Å². The molecule has 158 valence electrons. The van der Waals surface area contributed by atoms with E-state index in [2.05, 4.69) is 15.1 Å². The van der Waals surface area contributed by atoms with Crippen LogP contribution in [-0.2, 0) is 13.6 Å². The van der Waals surface area contributed by atoms with Crippen LogP contribution in [-0.4, -0.2) is 37.3 Å². The van der Waals surface area contributed by atoms with E-state index in [0.717, 1.165) is 21.5 Å². The molecule has 3 N–H and O–H groups in total. The first-order valence-electron chi connectivity index (χ1n) is 9.52. The number of aromatic amines is 1. The van der Waals surface area contributed by atoms with Crippen LogP contribution in [0.2, 0.25) is 0 Å². The van der Waals surface area contributed by atoms with E-state index in [9.17, 15) is 14.4 Å². The van der Waals surface area contributed by atoms with Crippen LogP contribution >= 0.6 is 0 Å². The average molecular weight is 419 g/mol. The lowest BCUT2D eigenvalue weighted by Gasteiger charge is -2.20. The van der Waals surface area contributed by atoms with Gasteiger partial charge in [-0.05, 0) is 18.6 Å². The standard InChI is InChI=1S/C21H21N7O3/c1-12-15-9-14(10-23-18(15)27(3)25-12)20(30)26(2)16-17(22)28(21(31)24-19(16)29)11-13-7-5-4-6-8-13/h4-10H,11,22H2,1-3H3,(H,24,29,31). The summed E-state index contributed by atoms with van der Waals surface area (Å²) < 4.78 is 2.85. The molecule has 0 atom stereocenters. The van der Waals surface area contributed by atoms with Gasteiger partial charge in [-0.25, -0.2) is 9.78 Å². The van der Waals surface area contributed by atoms with E-state index in [1.165, 1.54) is 17.8 Å². The fourth-order valence-corrected chi connectivity index (χ4v) is 3.54. The molecule has 3 heterocycles. The van der Waals surface area contributed by atoms with Gasteiger partial charge in [0.15, 0.2) is 11.3 Å². The van der Waals surface area contributed by atoms with Gasteiger partial charge in [-0.2, -0.15) is 5.10 Å². The minimum absolute atomic E-state index is 0.0972. The van der Waals surface area contributed by atoms with Gasteiger partial charge in [0.1, 0.15) is 5.82 Å². The summed E-state index contributed by atoms with van der Waals surface area (Å²) in [5, 5.41) is 5.03. The highest BCUT2D eigenvalue weighted by atomic mass is 16.2. The first-order valence-corrected chi connectivity index (χ1v) is 9.52. The molecule has 3 aromatic heterocycles. The quantitative estimate of drug-likeness (QED) is 0.508. The normalized spacial score (nSPS) is 11.1. The van der Waals surface area contributed by atoms with Crippen LogP contribution in [0.1, 0.15) is 21.6 Å². The number of nitrogens with zero attached hydrogens (tertiary/aromatic N) is 5. The van der Waals surface area contributed by atoms with Crippen molar-refractivity contribution < 1.29 is 4.79 Å². The maximum Gasteiger partial charge on any atom is 0.330 e. The van der Waals surface area contributed by atoms with Crippen molar-refractivity contribution in [3.05, 3.63) is 80.3 Å². The predicted octanol–water partition coefficient (Wildman–Crippen LogP) is 1.03. The lowest BCUT2D eigenvalue weighted by Crippen LogP contribution is -2.39. The minimum Gasteiger partial charge on any atom is -0.383 e. The summed E-state index contributed by atoms with van der Waals surface area (Å²) in [7, 11) is 3.20. The molecular formula is C21H21N7O3. The van der Waals surface area contributed by atoms with Gasteiger partial charge < -0.3 is 10.6 Å². The number of carbonyl (C=O) groups is 1. The van der Waals surface area contributed by atoms with E-state index in [4.69, 9.17) is 5.73 Å². The Kier molecular flexibility index (Phi) is 4.90. The minimum atomic E-state index is -0.741. The summed E-state index contributed by atoms with van der Waals surface area (Å²) in [5.74, 6) is -0.584. The number of nitrogens with two attached hydrogens (primary N) is 1. The third-order valence-electron chi connectivity index (χ3n) is 5.15. The Labute approximate surface area is 176 Å². The molecule has 31 heavy (non-hydrogen) atoms. The number of aryl methyl sites for hydroxylation is 2. The SMILES string of the molecule is Cc1nn(C)c2ncc(C(=O)N(C)c3c(N)n(Cc4ccccc4)c(=O)[nH]c3=O)cc12. The first-order chi connectivity index (χ1) is 14.8. The fourth-order valence-electron chi connectivity index (χ4n) is 3.54. The van der Waals surface area contributed by atoms with E-state index in [-0.39, 0.29) is 23.6 Å². The highest BCUT2D eigenvalue weighted by Gasteiger charge is 2.23. The number of amides is 1. The number of H-pyrrole nitrogens is 1. The maximum atomic E-state index is 13.1. The zero-order valence-corrected chi connectivity index (χ0v) is 17.3. The number of rotatable bonds is 4. The summed E-state index contributed by atoms with van der Waals surface area (Å²) in [6.45, 7) is 1.98. The highest BCUT2D eigenvalue weighted by molar-refractivity contribution is 6.08. The van der Waals surface area contributed by atoms with Crippen LogP contribution in [0.5, 0.6) is 0 Å². The zero-order chi connectivity index (χ0) is 22.3. The summed E-state index contributed by atoms with van der Waals surface area (Å²) in [6.07, 6.45) is 1.42. The number of nitrogen functional groups attached to an aromatic ring is 1. The first kappa shape index (κ1) is 20.1. The van der Waals surface area contributed by atoms with E-state index in [1.54, 1.807) is 17.8 Å². The van der Waals surface area contributed by atoms with E-state index in [1.807, 2.05) is 37.3 Å². The van der Waals surface area contributed by atoms with Crippen molar-refractivity contribution in [2.24, 2.45) is 7.05 Å². The second-order valence-electron chi connectivity index (χ2n) is 7.23. The largest absolute Gasteiger partial charge is 0.383 e. The third kappa shape index (κ3) is 3.48. The monoisotopic (exact) mass is 419 g/mol. The van der Waals surface area contributed by atoms with Crippen molar-refractivity contribution in [3.63, 3.8) is 0 Å². The number of fused-ring (bicyclic) bond motifs is 1. The van der Waals surface area contributed by atoms with Crippen LogP contribution in [0.4, 0.5) is 11.5 Å². The molecule has 0 radical (unpaired) electrons. The zero-order valence-electron chi connectivity index (χ0n) is 17.3. The van der Waals surface area contributed by atoms with Crippen LogP contribution in [0.3, 0.4) is 0 Å². The smallest absolute Gasteiger partial charge is 0.330 e. The Morgan fingerprint density at radius 3 is 2.65 bits per heavy atom. The molecular weight excluding hydrogens is 398 g/mol. The van der Waals surface area contributed by atoms with Gasteiger partial charge in [-0.1, -0.05) is 30.3 Å². The molecule has 0 fully saturated rings. The molecule has 0 aliphatic rings. The Morgan fingerprint density at radius 1 is 1.23 bits per heavy atom. The lowest BCUT2D eigenvalue weighted by atomic mass is 10.2. The number of pyridine rings is 1. The van der Waals surface area contributed by atoms with Crippen LogP contribution in [0.15, 0.2) is 52.2 Å². The molecule has 0 saturated heterocycles. The van der Waals surface area contributed by atoms with E-state index < -0.39 is 17.2 Å². The van der Waals surface area contributed by atoms with Gasteiger partial charge >= 0.3 is 5.69 Å². The second kappa shape index (κ2) is 7.56. The molecule has 4 aromatic rings. The molecule has 10 nitrogen and oxygen atoms in total. The van der Waals surface area contributed by atoms with Crippen molar-refractivity contribution in [3.8, 4) is 0 Å². The van der Waals surface area contributed by atoms with Crippen molar-refractivity contribution >= 4 is 28.4 Å². The van der Waals surface area contributed by atoms with Crippen molar-refractivity contribution in [1.29, 1.82) is 0 Å². The number of hydrogen-bond acceptors (Lipinski definition) is 6. The number of carbonyl (C=O) groups excluding carboxylic acids is 1. The Balaban J connectivity index is 1.76. The fraction of sp³-hybridized carbons (Fsp3) is 0.190. The van der Waals surface area contributed by atoms with Gasteiger partial charge in [0.05, 0.1) is 17.8 Å². The topological polar surface area (TPSA) is 132 Å². The van der Waals surface area contributed by atoms with Crippen LogP contribution in [0.25, 0.3) is 11.0 Å². The molecule has 10 heteroatoms. The molecule has 0 unspecified atom stereocenters. The molecule has 0 aliphatic heterocycles. The molecule has 1 aromatic carbocycles. The maximum absolute atomic E-state index is 13.1. The Morgan fingerprint density at radius 2 is 1.94 bits per heavy atom. The Bertz CT molecular complexity index is 1420. The van der Waals surface area contributed by atoms with Crippen LogP contribution < -0.4 is 21.9 Å². The van der Waals surface area contributed by atoms with Gasteiger partial charge in [-0.15, -0.1) is 0 Å². The molecule has 0 saturated carbocycles. The van der Waals surface area contributed by atoms with Crippen LogP contribution in [0, 0.1) is 6.92 Å². The number of nitrogens with one attached hydrogen (secondary N) is 1. The summed E-state index contributed by atoms with van der Waals surface area (Å²) in [4.78, 5) is 45.7. The molecule has 0 bridgehead atoms. The number of benzene rings is 1. The van der Waals surface area contributed by atoms with E-state index >= 15 is 0 Å².